The van der Waals surface area contributed by atoms with Crippen LogP contribution in [0.4, 0.5) is 5.69 Å². The van der Waals surface area contributed by atoms with E-state index in [1.807, 2.05) is 13.0 Å². The van der Waals surface area contributed by atoms with Crippen molar-refractivity contribution in [2.24, 2.45) is 0 Å². The molecule has 1 aromatic carbocycles. The van der Waals surface area contributed by atoms with Gasteiger partial charge < -0.3 is 10.5 Å². The number of esters is 1. The summed E-state index contributed by atoms with van der Waals surface area (Å²) >= 11 is 5.90. The van der Waals surface area contributed by atoms with Gasteiger partial charge in [-0.05, 0) is 43.2 Å². The first-order chi connectivity index (χ1) is 7.54. The van der Waals surface area contributed by atoms with Crippen molar-refractivity contribution in [2.75, 3.05) is 12.3 Å². The van der Waals surface area contributed by atoms with Crippen LogP contribution in [0, 0.1) is 6.92 Å². The topological polar surface area (TPSA) is 52.3 Å². The predicted octanol–water partition coefficient (Wildman–Crippen LogP) is 2.81. The van der Waals surface area contributed by atoms with Gasteiger partial charge in [-0.15, -0.1) is 0 Å². The molecule has 0 spiro atoms. The maximum Gasteiger partial charge on any atom is 0.330 e. The molecule has 16 heavy (non-hydrogen) atoms. The molecule has 4 heteroatoms. The summed E-state index contributed by atoms with van der Waals surface area (Å²) in [4.78, 5) is 11.1. The van der Waals surface area contributed by atoms with E-state index in [1.165, 1.54) is 6.08 Å². The number of carbonyl (C=O) groups is 1. The highest BCUT2D eigenvalue weighted by atomic mass is 35.5. The SMILES string of the molecule is CCOC(=O)C=Cc1cc(C)c(Cl)cc1N. The van der Waals surface area contributed by atoms with Crippen molar-refractivity contribution in [3.63, 3.8) is 0 Å². The second kappa shape index (κ2) is 5.56. The maximum atomic E-state index is 11.1. The zero-order valence-corrected chi connectivity index (χ0v) is 10.0. The van der Waals surface area contributed by atoms with Gasteiger partial charge in [0.1, 0.15) is 0 Å². The third kappa shape index (κ3) is 3.28. The quantitative estimate of drug-likeness (QED) is 0.501. The summed E-state index contributed by atoms with van der Waals surface area (Å²) in [6.45, 7) is 3.99. The number of halogens is 1. The van der Waals surface area contributed by atoms with Crippen molar-refractivity contribution in [3.05, 3.63) is 34.4 Å². The summed E-state index contributed by atoms with van der Waals surface area (Å²) in [5.41, 5.74) is 7.98. The van der Waals surface area contributed by atoms with Crippen molar-refractivity contribution < 1.29 is 9.53 Å². The fourth-order valence-corrected chi connectivity index (χ4v) is 1.38. The van der Waals surface area contributed by atoms with Crippen LogP contribution in [0.5, 0.6) is 0 Å². The summed E-state index contributed by atoms with van der Waals surface area (Å²) in [6, 6.07) is 3.50. The van der Waals surface area contributed by atoms with Gasteiger partial charge >= 0.3 is 5.97 Å². The predicted molar refractivity (Wildman–Crippen MR) is 66.3 cm³/mol. The Morgan fingerprint density at radius 1 is 1.56 bits per heavy atom. The first-order valence-electron chi connectivity index (χ1n) is 4.95. The molecule has 0 aromatic heterocycles. The van der Waals surface area contributed by atoms with Gasteiger partial charge in [0.05, 0.1) is 6.61 Å². The van der Waals surface area contributed by atoms with Gasteiger partial charge in [0.25, 0.3) is 0 Å². The molecule has 1 rings (SSSR count). The molecule has 0 saturated carbocycles. The van der Waals surface area contributed by atoms with Gasteiger partial charge in [0.15, 0.2) is 0 Å². The van der Waals surface area contributed by atoms with Gasteiger partial charge in [-0.3, -0.25) is 0 Å². The van der Waals surface area contributed by atoms with Gasteiger partial charge in [-0.1, -0.05) is 11.6 Å². The van der Waals surface area contributed by atoms with Crippen LogP contribution in [0.2, 0.25) is 5.02 Å². The number of nitrogens with two attached hydrogens (primary N) is 1. The fourth-order valence-electron chi connectivity index (χ4n) is 1.21. The van der Waals surface area contributed by atoms with Crippen molar-refractivity contribution in [1.82, 2.24) is 0 Å². The Hall–Kier alpha value is -1.48. The Morgan fingerprint density at radius 2 is 2.25 bits per heavy atom. The third-order valence-electron chi connectivity index (χ3n) is 2.05. The highest BCUT2D eigenvalue weighted by Gasteiger charge is 2.02. The fraction of sp³-hybridized carbons (Fsp3) is 0.250. The largest absolute Gasteiger partial charge is 0.463 e. The highest BCUT2D eigenvalue weighted by Crippen LogP contribution is 2.23. The third-order valence-corrected chi connectivity index (χ3v) is 2.46. The minimum atomic E-state index is -0.380. The Labute approximate surface area is 99.8 Å². The minimum Gasteiger partial charge on any atom is -0.463 e. The molecule has 0 fully saturated rings. The molecule has 0 amide bonds. The number of hydrogen-bond donors (Lipinski definition) is 1. The van der Waals surface area contributed by atoms with Crippen LogP contribution in [-0.2, 0) is 9.53 Å². The van der Waals surface area contributed by atoms with Crippen LogP contribution >= 0.6 is 11.6 Å². The molecule has 0 saturated heterocycles. The summed E-state index contributed by atoms with van der Waals surface area (Å²) in [5, 5.41) is 0.616. The Kier molecular flexibility index (Phi) is 4.38. The molecule has 3 nitrogen and oxygen atoms in total. The maximum absolute atomic E-state index is 11.1. The van der Waals surface area contributed by atoms with E-state index in [0.29, 0.717) is 17.3 Å². The average Bonchev–Trinajstić information content (AvgIpc) is 2.22. The molecule has 86 valence electrons. The Bertz CT molecular complexity index is 427. The second-order valence-corrected chi connectivity index (χ2v) is 3.72. The first kappa shape index (κ1) is 12.6. The van der Waals surface area contributed by atoms with Gasteiger partial charge in [-0.2, -0.15) is 0 Å². The van der Waals surface area contributed by atoms with Crippen LogP contribution < -0.4 is 5.73 Å². The van der Waals surface area contributed by atoms with Crippen molar-refractivity contribution in [1.29, 1.82) is 0 Å². The van der Waals surface area contributed by atoms with E-state index in [9.17, 15) is 4.79 Å². The van der Waals surface area contributed by atoms with Crippen molar-refractivity contribution >= 4 is 29.3 Å². The number of rotatable bonds is 3. The molecule has 0 atom stereocenters. The Morgan fingerprint density at radius 3 is 2.88 bits per heavy atom. The number of carbonyl (C=O) groups excluding carboxylic acids is 1. The summed E-state index contributed by atoms with van der Waals surface area (Å²) in [6.07, 6.45) is 2.97. The lowest BCUT2D eigenvalue weighted by Crippen LogP contribution is -1.99. The molecule has 1 aromatic rings. The minimum absolute atomic E-state index is 0.359. The zero-order valence-electron chi connectivity index (χ0n) is 9.29. The smallest absolute Gasteiger partial charge is 0.330 e. The summed E-state index contributed by atoms with van der Waals surface area (Å²) in [5.74, 6) is -0.380. The first-order valence-corrected chi connectivity index (χ1v) is 5.33. The van der Waals surface area contributed by atoms with Crippen molar-refractivity contribution in [3.8, 4) is 0 Å². The molecule has 0 heterocycles. The number of aryl methyl sites for hydroxylation is 1. The van der Waals surface area contributed by atoms with Crippen LogP contribution in [0.15, 0.2) is 18.2 Å². The van der Waals surface area contributed by atoms with Gasteiger partial charge in [0.2, 0.25) is 0 Å². The molecular formula is C12H14ClNO2. The zero-order chi connectivity index (χ0) is 12.1. The summed E-state index contributed by atoms with van der Waals surface area (Å²) in [7, 11) is 0. The number of nitrogen functional groups attached to an aromatic ring is 1. The number of anilines is 1. The molecule has 2 N–H and O–H groups in total. The van der Waals surface area contributed by atoms with E-state index in [-0.39, 0.29) is 5.97 Å². The lowest BCUT2D eigenvalue weighted by atomic mass is 10.1. The van der Waals surface area contributed by atoms with E-state index in [4.69, 9.17) is 22.1 Å². The molecule has 0 unspecified atom stereocenters. The van der Waals surface area contributed by atoms with Crippen LogP contribution in [0.25, 0.3) is 6.08 Å². The average molecular weight is 240 g/mol. The molecule has 0 radical (unpaired) electrons. The van der Waals surface area contributed by atoms with Crippen LogP contribution in [0.1, 0.15) is 18.1 Å². The molecule has 0 aliphatic carbocycles. The number of benzene rings is 1. The molecule has 0 aliphatic heterocycles. The van der Waals surface area contributed by atoms with Gasteiger partial charge in [-0.25, -0.2) is 4.79 Å². The van der Waals surface area contributed by atoms with Crippen LogP contribution in [-0.4, -0.2) is 12.6 Å². The number of ether oxygens (including phenoxy) is 1. The molecule has 0 aliphatic rings. The lowest BCUT2D eigenvalue weighted by molar-refractivity contribution is -0.137. The van der Waals surface area contributed by atoms with E-state index in [0.717, 1.165) is 11.1 Å². The van der Waals surface area contributed by atoms with E-state index in [1.54, 1.807) is 19.1 Å². The standard InChI is InChI=1S/C12H14ClNO2/c1-3-16-12(15)5-4-9-6-8(2)10(13)7-11(9)14/h4-7H,3,14H2,1-2H3. The van der Waals surface area contributed by atoms with Crippen LogP contribution in [0.3, 0.4) is 0 Å². The second-order valence-electron chi connectivity index (χ2n) is 3.32. The monoisotopic (exact) mass is 239 g/mol. The van der Waals surface area contributed by atoms with E-state index < -0.39 is 0 Å². The highest BCUT2D eigenvalue weighted by molar-refractivity contribution is 6.31. The lowest BCUT2D eigenvalue weighted by Gasteiger charge is -2.04. The van der Waals surface area contributed by atoms with Gasteiger partial charge in [0, 0.05) is 16.8 Å². The molecule has 0 bridgehead atoms. The number of hydrogen-bond acceptors (Lipinski definition) is 3. The van der Waals surface area contributed by atoms with E-state index >= 15 is 0 Å². The Balaban J connectivity index is 2.89. The van der Waals surface area contributed by atoms with Crippen molar-refractivity contribution in [2.45, 2.75) is 13.8 Å². The van der Waals surface area contributed by atoms with E-state index in [2.05, 4.69) is 0 Å². The summed E-state index contributed by atoms with van der Waals surface area (Å²) < 4.78 is 4.76. The molecular weight excluding hydrogens is 226 g/mol. The normalized spacial score (nSPS) is 10.7.